The Kier molecular flexibility index (Phi) is 3.77. The number of nitrogens with zero attached hydrogens (tertiary/aromatic N) is 4. The molecule has 8 nitrogen and oxygen atoms in total. The van der Waals surface area contributed by atoms with Crippen molar-refractivity contribution in [2.45, 2.75) is 6.54 Å². The molecule has 2 heterocycles. The maximum Gasteiger partial charge on any atom is 0.270 e. The van der Waals surface area contributed by atoms with Crippen molar-refractivity contribution in [3.8, 4) is 11.4 Å². The fraction of sp³-hybridized carbons (Fsp3) is 0.0556. The quantitative estimate of drug-likeness (QED) is 0.437. The van der Waals surface area contributed by atoms with Crippen LogP contribution >= 0.6 is 0 Å². The number of H-pyrrole nitrogens is 1. The molecule has 26 heavy (non-hydrogen) atoms. The highest BCUT2D eigenvalue weighted by atomic mass is 16.6. The van der Waals surface area contributed by atoms with E-state index in [1.165, 1.54) is 12.1 Å². The van der Waals surface area contributed by atoms with Crippen molar-refractivity contribution in [2.24, 2.45) is 0 Å². The third kappa shape index (κ3) is 2.84. The summed E-state index contributed by atoms with van der Waals surface area (Å²) < 4.78 is 1.85. The lowest BCUT2D eigenvalue weighted by molar-refractivity contribution is -0.384. The van der Waals surface area contributed by atoms with Gasteiger partial charge in [0.05, 0.1) is 17.8 Å². The van der Waals surface area contributed by atoms with Crippen LogP contribution in [0.25, 0.3) is 22.6 Å². The highest BCUT2D eigenvalue weighted by molar-refractivity contribution is 5.75. The molecule has 0 saturated heterocycles. The van der Waals surface area contributed by atoms with Crippen molar-refractivity contribution < 1.29 is 4.92 Å². The molecule has 2 aromatic carbocycles. The van der Waals surface area contributed by atoms with Gasteiger partial charge < -0.3 is 9.55 Å². The standard InChI is InChI=1S/C18H14N6O2/c19-16-15-18(23(11-20-16)10-12-5-2-1-3-6-12)22-17(21-15)13-7-4-8-14(9-13)24(25)26/h1-9,11,19H,10H2,(H,21,22). The smallest absolute Gasteiger partial charge is 0.270 e. The third-order valence-electron chi connectivity index (χ3n) is 4.05. The Labute approximate surface area is 147 Å². The van der Waals surface area contributed by atoms with E-state index >= 15 is 0 Å². The van der Waals surface area contributed by atoms with Gasteiger partial charge in [0.25, 0.3) is 5.69 Å². The number of rotatable bonds is 4. The maximum atomic E-state index is 11.0. The molecule has 4 rings (SSSR count). The Morgan fingerprint density at radius 3 is 2.73 bits per heavy atom. The Morgan fingerprint density at radius 2 is 1.96 bits per heavy atom. The molecule has 0 saturated carbocycles. The van der Waals surface area contributed by atoms with Crippen LogP contribution in [-0.4, -0.2) is 24.4 Å². The maximum absolute atomic E-state index is 11.0. The van der Waals surface area contributed by atoms with E-state index in [0.29, 0.717) is 29.1 Å². The van der Waals surface area contributed by atoms with Crippen LogP contribution in [0.4, 0.5) is 5.69 Å². The van der Waals surface area contributed by atoms with E-state index in [4.69, 9.17) is 5.41 Å². The van der Waals surface area contributed by atoms with Gasteiger partial charge in [-0.25, -0.2) is 9.97 Å². The molecule has 0 unspecified atom stereocenters. The van der Waals surface area contributed by atoms with Gasteiger partial charge in [-0.2, -0.15) is 0 Å². The molecule has 0 aliphatic carbocycles. The van der Waals surface area contributed by atoms with E-state index in [-0.39, 0.29) is 11.2 Å². The minimum atomic E-state index is -0.445. The summed E-state index contributed by atoms with van der Waals surface area (Å²) in [6, 6.07) is 16.1. The van der Waals surface area contributed by atoms with Gasteiger partial charge in [-0.3, -0.25) is 15.5 Å². The van der Waals surface area contributed by atoms with Crippen LogP contribution in [-0.2, 0) is 6.54 Å². The van der Waals surface area contributed by atoms with Crippen LogP contribution in [0.3, 0.4) is 0 Å². The van der Waals surface area contributed by atoms with Crippen molar-refractivity contribution in [2.75, 3.05) is 0 Å². The van der Waals surface area contributed by atoms with Crippen LogP contribution in [0.15, 0.2) is 60.9 Å². The molecule has 128 valence electrons. The lowest BCUT2D eigenvalue weighted by Gasteiger charge is -2.06. The second kappa shape index (κ2) is 6.25. The first kappa shape index (κ1) is 15.7. The van der Waals surface area contributed by atoms with Crippen LogP contribution in [0.2, 0.25) is 0 Å². The van der Waals surface area contributed by atoms with E-state index in [1.54, 1.807) is 18.5 Å². The average molecular weight is 346 g/mol. The predicted molar refractivity (Wildman–Crippen MR) is 95.4 cm³/mol. The van der Waals surface area contributed by atoms with Gasteiger partial charge in [0, 0.05) is 17.7 Å². The molecule has 0 radical (unpaired) electrons. The first-order valence-electron chi connectivity index (χ1n) is 7.90. The Hall–Kier alpha value is -3.81. The number of aromatic amines is 1. The van der Waals surface area contributed by atoms with Crippen molar-refractivity contribution in [1.29, 1.82) is 5.41 Å². The first-order valence-corrected chi connectivity index (χ1v) is 7.90. The molecule has 0 atom stereocenters. The Morgan fingerprint density at radius 1 is 1.15 bits per heavy atom. The summed E-state index contributed by atoms with van der Waals surface area (Å²) in [5.41, 5.74) is 2.80. The normalized spacial score (nSPS) is 10.9. The number of fused-ring (bicyclic) bond motifs is 1. The molecule has 2 N–H and O–H groups in total. The predicted octanol–water partition coefficient (Wildman–Crippen LogP) is 2.86. The number of benzene rings is 2. The fourth-order valence-corrected chi connectivity index (χ4v) is 2.78. The Balaban J connectivity index is 1.83. The zero-order chi connectivity index (χ0) is 18.1. The number of hydrogen-bond donors (Lipinski definition) is 2. The molecule has 0 fully saturated rings. The third-order valence-corrected chi connectivity index (χ3v) is 4.05. The van der Waals surface area contributed by atoms with Crippen LogP contribution in [0, 0.1) is 15.5 Å². The van der Waals surface area contributed by atoms with Crippen LogP contribution < -0.4 is 5.49 Å². The van der Waals surface area contributed by atoms with Gasteiger partial charge in [-0.1, -0.05) is 42.5 Å². The average Bonchev–Trinajstić information content (AvgIpc) is 3.12. The highest BCUT2D eigenvalue weighted by Gasteiger charge is 2.13. The number of imidazole rings is 1. The number of hydrogen-bond acceptors (Lipinski definition) is 5. The molecule has 8 heteroatoms. The number of non-ortho nitro benzene ring substituents is 1. The second-order valence-corrected chi connectivity index (χ2v) is 5.80. The summed E-state index contributed by atoms with van der Waals surface area (Å²) >= 11 is 0. The summed E-state index contributed by atoms with van der Waals surface area (Å²) in [4.78, 5) is 22.3. The summed E-state index contributed by atoms with van der Waals surface area (Å²) in [5, 5.41) is 19.0. The largest absolute Gasteiger partial charge is 0.334 e. The van der Waals surface area contributed by atoms with E-state index in [2.05, 4.69) is 15.0 Å². The summed E-state index contributed by atoms with van der Waals surface area (Å²) in [6.45, 7) is 0.559. The minimum absolute atomic E-state index is 0.00987. The van der Waals surface area contributed by atoms with Gasteiger partial charge in [-0.15, -0.1) is 0 Å². The molecule has 0 aliphatic heterocycles. The van der Waals surface area contributed by atoms with E-state index in [9.17, 15) is 10.1 Å². The minimum Gasteiger partial charge on any atom is -0.334 e. The topological polar surface area (TPSA) is 113 Å². The second-order valence-electron chi connectivity index (χ2n) is 5.80. The van der Waals surface area contributed by atoms with Crippen molar-refractivity contribution in [3.05, 3.63) is 82.1 Å². The molecular formula is C18H14N6O2. The number of aromatic nitrogens is 4. The van der Waals surface area contributed by atoms with Gasteiger partial charge >= 0.3 is 0 Å². The number of nitro benzene ring substituents is 1. The Bertz CT molecular complexity index is 1160. The van der Waals surface area contributed by atoms with E-state index in [1.807, 2.05) is 34.9 Å². The van der Waals surface area contributed by atoms with Crippen LogP contribution in [0.5, 0.6) is 0 Å². The van der Waals surface area contributed by atoms with E-state index in [0.717, 1.165) is 5.56 Å². The summed E-state index contributed by atoms with van der Waals surface area (Å²) in [6.07, 6.45) is 1.58. The molecule has 0 spiro atoms. The summed E-state index contributed by atoms with van der Waals surface area (Å²) in [7, 11) is 0. The lowest BCUT2D eigenvalue weighted by Crippen LogP contribution is -2.13. The molecule has 2 aromatic heterocycles. The highest BCUT2D eigenvalue weighted by Crippen LogP contribution is 2.23. The summed E-state index contributed by atoms with van der Waals surface area (Å²) in [5.74, 6) is 0.465. The molecule has 0 amide bonds. The first-order chi connectivity index (χ1) is 12.6. The lowest BCUT2D eigenvalue weighted by atomic mass is 10.2. The van der Waals surface area contributed by atoms with Crippen molar-refractivity contribution in [3.63, 3.8) is 0 Å². The fourth-order valence-electron chi connectivity index (χ4n) is 2.78. The van der Waals surface area contributed by atoms with Crippen molar-refractivity contribution >= 4 is 16.9 Å². The number of nitro groups is 1. The zero-order valence-electron chi connectivity index (χ0n) is 13.6. The molecular weight excluding hydrogens is 332 g/mol. The SMILES string of the molecule is N=c1ncn(Cc2ccccc2)c2nc(-c3cccc([N+](=O)[O-])c3)[nH]c12. The van der Waals surface area contributed by atoms with Crippen LogP contribution in [0.1, 0.15) is 5.56 Å². The van der Waals surface area contributed by atoms with Crippen molar-refractivity contribution in [1.82, 2.24) is 19.5 Å². The van der Waals surface area contributed by atoms with Gasteiger partial charge in [0.1, 0.15) is 11.3 Å². The van der Waals surface area contributed by atoms with Gasteiger partial charge in [0.2, 0.25) is 0 Å². The van der Waals surface area contributed by atoms with Gasteiger partial charge in [-0.05, 0) is 5.56 Å². The molecule has 4 aromatic rings. The van der Waals surface area contributed by atoms with Gasteiger partial charge in [0.15, 0.2) is 11.1 Å². The zero-order valence-corrected chi connectivity index (χ0v) is 13.6. The number of nitrogens with one attached hydrogen (secondary N) is 2. The van der Waals surface area contributed by atoms with E-state index < -0.39 is 4.92 Å². The monoisotopic (exact) mass is 346 g/mol. The molecule has 0 aliphatic rings. The molecule has 0 bridgehead atoms.